The third kappa shape index (κ3) is 7.43. The molecule has 1 atom stereocenters. The fourth-order valence-corrected chi connectivity index (χ4v) is 1.93. The van der Waals surface area contributed by atoms with E-state index < -0.39 is 24.5 Å². The highest BCUT2D eigenvalue weighted by atomic mass is 19.4. The van der Waals surface area contributed by atoms with E-state index >= 15 is 0 Å². The molecular formula is C15H21F4NO. The Morgan fingerprint density at radius 1 is 1.14 bits per heavy atom. The van der Waals surface area contributed by atoms with E-state index in [9.17, 15) is 17.6 Å². The van der Waals surface area contributed by atoms with Gasteiger partial charge >= 0.3 is 6.18 Å². The first-order chi connectivity index (χ1) is 9.79. The Morgan fingerprint density at radius 3 is 2.38 bits per heavy atom. The zero-order valence-electron chi connectivity index (χ0n) is 12.2. The molecule has 1 unspecified atom stereocenters. The molecule has 120 valence electrons. The summed E-state index contributed by atoms with van der Waals surface area (Å²) < 4.78 is 54.9. The number of nitrogens with one attached hydrogen (secondary N) is 1. The minimum absolute atomic E-state index is 0.175. The number of hydrogen-bond acceptors (Lipinski definition) is 2. The van der Waals surface area contributed by atoms with E-state index in [1.165, 1.54) is 6.07 Å². The predicted molar refractivity (Wildman–Crippen MR) is 73.7 cm³/mol. The fraction of sp³-hybridized carbons (Fsp3) is 0.600. The van der Waals surface area contributed by atoms with Crippen LogP contribution in [-0.4, -0.2) is 32.5 Å². The zero-order chi connectivity index (χ0) is 15.9. The highest BCUT2D eigenvalue weighted by Crippen LogP contribution is 2.21. The van der Waals surface area contributed by atoms with Crippen molar-refractivity contribution in [2.75, 3.05) is 26.3 Å². The molecule has 0 aliphatic rings. The average Bonchev–Trinajstić information content (AvgIpc) is 2.36. The summed E-state index contributed by atoms with van der Waals surface area (Å²) in [5.74, 6) is -0.473. The molecule has 0 aromatic heterocycles. The van der Waals surface area contributed by atoms with E-state index in [-0.39, 0.29) is 6.61 Å². The third-order valence-electron chi connectivity index (χ3n) is 2.87. The Kier molecular flexibility index (Phi) is 7.11. The van der Waals surface area contributed by atoms with Crippen LogP contribution in [0.25, 0.3) is 0 Å². The molecule has 0 fully saturated rings. The number of rotatable bonds is 8. The molecule has 21 heavy (non-hydrogen) atoms. The van der Waals surface area contributed by atoms with Gasteiger partial charge in [0, 0.05) is 12.5 Å². The number of halogens is 4. The van der Waals surface area contributed by atoms with Crippen molar-refractivity contribution in [2.45, 2.75) is 25.9 Å². The van der Waals surface area contributed by atoms with Crippen LogP contribution >= 0.6 is 0 Å². The smallest absolute Gasteiger partial charge is 0.371 e. The first-order valence-electron chi connectivity index (χ1n) is 6.89. The van der Waals surface area contributed by atoms with E-state index in [2.05, 4.69) is 5.32 Å². The van der Waals surface area contributed by atoms with Gasteiger partial charge in [0.2, 0.25) is 0 Å². The Bertz CT molecular complexity index is 420. The molecule has 2 nitrogen and oxygen atoms in total. The minimum atomic E-state index is -4.37. The summed E-state index contributed by atoms with van der Waals surface area (Å²) in [6.45, 7) is 3.63. The van der Waals surface area contributed by atoms with Crippen molar-refractivity contribution in [1.29, 1.82) is 0 Å². The number of alkyl halides is 3. The van der Waals surface area contributed by atoms with Crippen LogP contribution in [0.1, 0.15) is 25.3 Å². The summed E-state index contributed by atoms with van der Waals surface area (Å²) in [4.78, 5) is 0. The lowest BCUT2D eigenvalue weighted by atomic mass is 9.99. The first-order valence-corrected chi connectivity index (χ1v) is 6.89. The van der Waals surface area contributed by atoms with E-state index in [1.807, 2.05) is 13.8 Å². The van der Waals surface area contributed by atoms with E-state index in [1.54, 1.807) is 18.2 Å². The van der Waals surface area contributed by atoms with Crippen molar-refractivity contribution in [3.8, 4) is 0 Å². The molecule has 0 aliphatic heterocycles. The molecule has 0 aliphatic carbocycles. The van der Waals surface area contributed by atoms with Crippen LogP contribution in [-0.2, 0) is 4.74 Å². The van der Waals surface area contributed by atoms with Crippen LogP contribution in [0, 0.1) is 11.7 Å². The molecule has 1 aromatic carbocycles. The molecule has 0 saturated heterocycles. The monoisotopic (exact) mass is 307 g/mol. The largest absolute Gasteiger partial charge is 0.411 e. The SMILES string of the molecule is CC(C)CNCC(COCC(F)(F)F)c1ccccc1F. The highest BCUT2D eigenvalue weighted by Gasteiger charge is 2.28. The van der Waals surface area contributed by atoms with Gasteiger partial charge in [-0.2, -0.15) is 13.2 Å². The quantitative estimate of drug-likeness (QED) is 0.739. The maximum Gasteiger partial charge on any atom is 0.411 e. The molecule has 0 spiro atoms. The van der Waals surface area contributed by atoms with Crippen molar-refractivity contribution in [3.63, 3.8) is 0 Å². The second-order valence-electron chi connectivity index (χ2n) is 5.40. The molecule has 0 radical (unpaired) electrons. The van der Waals surface area contributed by atoms with Gasteiger partial charge in [0.25, 0.3) is 0 Å². The van der Waals surface area contributed by atoms with Gasteiger partial charge in [-0.1, -0.05) is 32.0 Å². The van der Waals surface area contributed by atoms with E-state index in [4.69, 9.17) is 4.74 Å². The van der Waals surface area contributed by atoms with Crippen molar-refractivity contribution < 1.29 is 22.3 Å². The van der Waals surface area contributed by atoms with E-state index in [0.29, 0.717) is 24.6 Å². The van der Waals surface area contributed by atoms with Crippen LogP contribution in [0.5, 0.6) is 0 Å². The minimum Gasteiger partial charge on any atom is -0.371 e. The lowest BCUT2D eigenvalue weighted by Gasteiger charge is -2.20. The van der Waals surface area contributed by atoms with Gasteiger partial charge in [-0.05, 0) is 24.1 Å². The van der Waals surface area contributed by atoms with Crippen LogP contribution in [0.2, 0.25) is 0 Å². The summed E-state index contributed by atoms with van der Waals surface area (Å²) in [6, 6.07) is 6.09. The van der Waals surface area contributed by atoms with Crippen molar-refractivity contribution in [1.82, 2.24) is 5.32 Å². The maximum absolute atomic E-state index is 13.8. The van der Waals surface area contributed by atoms with Gasteiger partial charge in [-0.15, -0.1) is 0 Å². The summed E-state index contributed by atoms with van der Waals surface area (Å²) in [5.41, 5.74) is 0.371. The first kappa shape index (κ1) is 17.9. The fourth-order valence-electron chi connectivity index (χ4n) is 1.93. The number of ether oxygens (including phenoxy) is 1. The van der Waals surface area contributed by atoms with Gasteiger partial charge in [0.15, 0.2) is 0 Å². The second kappa shape index (κ2) is 8.34. The molecule has 0 heterocycles. The lowest BCUT2D eigenvalue weighted by molar-refractivity contribution is -0.174. The molecule has 0 saturated carbocycles. The Morgan fingerprint density at radius 2 is 1.81 bits per heavy atom. The van der Waals surface area contributed by atoms with Crippen LogP contribution in [0.4, 0.5) is 17.6 Å². The van der Waals surface area contributed by atoms with Gasteiger partial charge in [-0.3, -0.25) is 0 Å². The molecular weight excluding hydrogens is 286 g/mol. The third-order valence-corrected chi connectivity index (χ3v) is 2.87. The van der Waals surface area contributed by atoms with Crippen LogP contribution in [0.15, 0.2) is 24.3 Å². The topological polar surface area (TPSA) is 21.3 Å². The molecule has 0 bridgehead atoms. The van der Waals surface area contributed by atoms with Crippen LogP contribution < -0.4 is 5.32 Å². The highest BCUT2D eigenvalue weighted by molar-refractivity contribution is 5.22. The Balaban J connectivity index is 2.64. The molecule has 6 heteroatoms. The van der Waals surface area contributed by atoms with Gasteiger partial charge < -0.3 is 10.1 Å². The van der Waals surface area contributed by atoms with Gasteiger partial charge in [0.05, 0.1) is 6.61 Å². The van der Waals surface area contributed by atoms with E-state index in [0.717, 1.165) is 0 Å². The molecule has 1 N–H and O–H groups in total. The Hall–Kier alpha value is -1.14. The number of hydrogen-bond donors (Lipinski definition) is 1. The maximum atomic E-state index is 13.8. The van der Waals surface area contributed by atoms with Crippen molar-refractivity contribution in [3.05, 3.63) is 35.6 Å². The summed E-state index contributed by atoms with van der Waals surface area (Å²) in [6.07, 6.45) is -4.37. The molecule has 1 rings (SSSR count). The summed E-state index contributed by atoms with van der Waals surface area (Å²) in [5, 5.41) is 3.13. The standard InChI is InChI=1S/C15H21F4NO/c1-11(2)7-20-8-12(9-21-10-15(17,18)19)13-5-3-4-6-14(13)16/h3-6,11-12,20H,7-10H2,1-2H3. The number of benzene rings is 1. The lowest BCUT2D eigenvalue weighted by Crippen LogP contribution is -2.29. The summed E-state index contributed by atoms with van der Waals surface area (Å²) >= 11 is 0. The second-order valence-corrected chi connectivity index (χ2v) is 5.40. The van der Waals surface area contributed by atoms with Gasteiger partial charge in [-0.25, -0.2) is 4.39 Å². The summed E-state index contributed by atoms with van der Waals surface area (Å²) in [7, 11) is 0. The van der Waals surface area contributed by atoms with Crippen molar-refractivity contribution in [2.24, 2.45) is 5.92 Å². The normalized spacial score (nSPS) is 13.7. The van der Waals surface area contributed by atoms with Gasteiger partial charge in [0.1, 0.15) is 12.4 Å². The molecule has 1 aromatic rings. The molecule has 0 amide bonds. The predicted octanol–water partition coefficient (Wildman–Crippen LogP) is 3.73. The van der Waals surface area contributed by atoms with Crippen LogP contribution in [0.3, 0.4) is 0 Å². The zero-order valence-corrected chi connectivity index (χ0v) is 12.2. The Labute approximate surface area is 122 Å². The average molecular weight is 307 g/mol. The van der Waals surface area contributed by atoms with Crippen molar-refractivity contribution >= 4 is 0 Å².